The van der Waals surface area contributed by atoms with E-state index in [4.69, 9.17) is 15.2 Å². The lowest BCUT2D eigenvalue weighted by Crippen LogP contribution is -2.33. The lowest BCUT2D eigenvalue weighted by Gasteiger charge is -2.29. The molecule has 0 radical (unpaired) electrons. The third-order valence-corrected chi connectivity index (χ3v) is 4.21. The van der Waals surface area contributed by atoms with Gasteiger partial charge < -0.3 is 20.3 Å². The number of fused-ring (bicyclic) bond motifs is 1. The van der Waals surface area contributed by atoms with Gasteiger partial charge in [-0.05, 0) is 37.3 Å². The Morgan fingerprint density at radius 1 is 1.14 bits per heavy atom. The molecule has 0 saturated carbocycles. The highest BCUT2D eigenvalue weighted by molar-refractivity contribution is 5.53. The van der Waals surface area contributed by atoms with E-state index in [0.29, 0.717) is 13.2 Å². The van der Waals surface area contributed by atoms with Gasteiger partial charge in [0.1, 0.15) is 0 Å². The first kappa shape index (κ1) is 17.1. The van der Waals surface area contributed by atoms with Gasteiger partial charge in [0.25, 0.3) is 0 Å². The fourth-order valence-electron chi connectivity index (χ4n) is 2.77. The van der Waals surface area contributed by atoms with Gasteiger partial charge in [-0.3, -0.25) is 0 Å². The van der Waals surface area contributed by atoms with Gasteiger partial charge in [0, 0.05) is 11.6 Å². The number of unbranched alkanes of at least 4 members (excludes halogenated alkanes) is 2. The molecule has 0 spiro atoms. The quantitative estimate of drug-likeness (QED) is 0.723. The third kappa shape index (κ3) is 3.93. The SMILES string of the molecule is CCCCOc1ccc2c(c1OCCCC)CC[C@@H](N)C2O. The summed E-state index contributed by atoms with van der Waals surface area (Å²) in [4.78, 5) is 0. The Morgan fingerprint density at radius 2 is 1.82 bits per heavy atom. The molecule has 0 fully saturated rings. The van der Waals surface area contributed by atoms with Gasteiger partial charge in [-0.2, -0.15) is 0 Å². The summed E-state index contributed by atoms with van der Waals surface area (Å²) in [7, 11) is 0. The number of nitrogens with two attached hydrogens (primary N) is 1. The van der Waals surface area contributed by atoms with Gasteiger partial charge in [0.2, 0.25) is 0 Å². The molecule has 1 aromatic carbocycles. The van der Waals surface area contributed by atoms with E-state index in [0.717, 1.165) is 61.2 Å². The van der Waals surface area contributed by atoms with Crippen LogP contribution in [-0.2, 0) is 6.42 Å². The standard InChI is InChI=1S/C18H29NO3/c1-3-5-11-21-16-10-8-13-14(7-9-15(19)17(13)20)18(16)22-12-6-4-2/h8,10,15,17,20H,3-7,9,11-12,19H2,1-2H3/t15-,17?/m1/s1. The molecule has 0 aliphatic heterocycles. The highest BCUT2D eigenvalue weighted by atomic mass is 16.5. The van der Waals surface area contributed by atoms with Crippen LogP contribution in [0.4, 0.5) is 0 Å². The maximum absolute atomic E-state index is 10.3. The van der Waals surface area contributed by atoms with E-state index in [-0.39, 0.29) is 6.04 Å². The van der Waals surface area contributed by atoms with Crippen molar-refractivity contribution in [2.45, 2.75) is 64.5 Å². The van der Waals surface area contributed by atoms with Crippen molar-refractivity contribution in [3.8, 4) is 11.5 Å². The molecular formula is C18H29NO3. The fraction of sp³-hybridized carbons (Fsp3) is 0.667. The minimum atomic E-state index is -0.609. The first-order valence-electron chi connectivity index (χ1n) is 8.54. The van der Waals surface area contributed by atoms with Gasteiger partial charge in [0.05, 0.1) is 19.3 Å². The van der Waals surface area contributed by atoms with Crippen molar-refractivity contribution in [1.82, 2.24) is 0 Å². The highest BCUT2D eigenvalue weighted by Gasteiger charge is 2.29. The monoisotopic (exact) mass is 307 g/mol. The molecule has 0 amide bonds. The van der Waals surface area contributed by atoms with Gasteiger partial charge >= 0.3 is 0 Å². The maximum Gasteiger partial charge on any atom is 0.164 e. The first-order chi connectivity index (χ1) is 10.7. The van der Waals surface area contributed by atoms with Crippen LogP contribution >= 0.6 is 0 Å². The van der Waals surface area contributed by atoms with Crippen LogP contribution in [0.3, 0.4) is 0 Å². The van der Waals surface area contributed by atoms with E-state index < -0.39 is 6.10 Å². The van der Waals surface area contributed by atoms with Crippen molar-refractivity contribution in [2.24, 2.45) is 5.73 Å². The summed E-state index contributed by atoms with van der Waals surface area (Å²) >= 11 is 0. The zero-order chi connectivity index (χ0) is 15.9. The van der Waals surface area contributed by atoms with Crippen LogP contribution < -0.4 is 15.2 Å². The molecule has 3 N–H and O–H groups in total. The molecule has 0 heterocycles. The molecular weight excluding hydrogens is 278 g/mol. The van der Waals surface area contributed by atoms with Gasteiger partial charge in [-0.15, -0.1) is 0 Å². The van der Waals surface area contributed by atoms with E-state index in [9.17, 15) is 5.11 Å². The number of ether oxygens (including phenoxy) is 2. The molecule has 124 valence electrons. The fourth-order valence-corrected chi connectivity index (χ4v) is 2.77. The van der Waals surface area contributed by atoms with Crippen LogP contribution in [0.2, 0.25) is 0 Å². The zero-order valence-electron chi connectivity index (χ0n) is 13.8. The summed E-state index contributed by atoms with van der Waals surface area (Å²) < 4.78 is 11.9. The van der Waals surface area contributed by atoms with Crippen molar-refractivity contribution in [3.63, 3.8) is 0 Å². The average molecular weight is 307 g/mol. The van der Waals surface area contributed by atoms with Crippen molar-refractivity contribution in [3.05, 3.63) is 23.3 Å². The molecule has 0 aromatic heterocycles. The Labute approximate surface area is 133 Å². The van der Waals surface area contributed by atoms with E-state index in [1.165, 1.54) is 0 Å². The predicted molar refractivity (Wildman–Crippen MR) is 88.5 cm³/mol. The zero-order valence-corrected chi connectivity index (χ0v) is 13.8. The lowest BCUT2D eigenvalue weighted by molar-refractivity contribution is 0.132. The van der Waals surface area contributed by atoms with Crippen molar-refractivity contribution in [2.75, 3.05) is 13.2 Å². The summed E-state index contributed by atoms with van der Waals surface area (Å²) in [5.74, 6) is 1.61. The largest absolute Gasteiger partial charge is 0.490 e. The Bertz CT molecular complexity index is 476. The molecule has 4 heteroatoms. The highest BCUT2D eigenvalue weighted by Crippen LogP contribution is 2.41. The van der Waals surface area contributed by atoms with E-state index in [1.54, 1.807) is 0 Å². The number of aliphatic hydroxyl groups excluding tert-OH is 1. The molecule has 1 aliphatic rings. The van der Waals surface area contributed by atoms with Crippen molar-refractivity contribution < 1.29 is 14.6 Å². The summed E-state index contributed by atoms with van der Waals surface area (Å²) in [5, 5.41) is 10.3. The lowest BCUT2D eigenvalue weighted by atomic mass is 9.85. The first-order valence-corrected chi connectivity index (χ1v) is 8.54. The Kier molecular flexibility index (Phi) is 6.52. The number of benzene rings is 1. The third-order valence-electron chi connectivity index (χ3n) is 4.21. The van der Waals surface area contributed by atoms with Crippen molar-refractivity contribution in [1.29, 1.82) is 0 Å². The van der Waals surface area contributed by atoms with Crippen molar-refractivity contribution >= 4 is 0 Å². The predicted octanol–water partition coefficient (Wildman–Crippen LogP) is 3.35. The Balaban J connectivity index is 2.25. The van der Waals surface area contributed by atoms with Crippen LogP contribution in [-0.4, -0.2) is 24.4 Å². The summed E-state index contributed by atoms with van der Waals surface area (Å²) in [6, 6.07) is 3.66. The molecule has 0 saturated heterocycles. The van der Waals surface area contributed by atoms with Crippen LogP contribution in [0, 0.1) is 0 Å². The van der Waals surface area contributed by atoms with Gasteiger partial charge in [-0.1, -0.05) is 32.8 Å². The van der Waals surface area contributed by atoms with E-state index in [2.05, 4.69) is 13.8 Å². The average Bonchev–Trinajstić information content (AvgIpc) is 2.52. The van der Waals surface area contributed by atoms with Gasteiger partial charge in [0.15, 0.2) is 11.5 Å². The Morgan fingerprint density at radius 3 is 2.50 bits per heavy atom. The summed E-state index contributed by atoms with van der Waals surface area (Å²) in [6.07, 6.45) is 5.23. The molecule has 2 rings (SSSR count). The molecule has 1 aliphatic carbocycles. The van der Waals surface area contributed by atoms with E-state index >= 15 is 0 Å². The number of rotatable bonds is 8. The molecule has 2 atom stereocenters. The second-order valence-electron chi connectivity index (χ2n) is 6.01. The molecule has 1 unspecified atom stereocenters. The van der Waals surface area contributed by atoms with Crippen LogP contribution in [0.15, 0.2) is 12.1 Å². The number of aliphatic hydroxyl groups is 1. The number of hydrogen-bond donors (Lipinski definition) is 2. The topological polar surface area (TPSA) is 64.7 Å². The molecule has 1 aromatic rings. The summed E-state index contributed by atoms with van der Waals surface area (Å²) in [6.45, 7) is 5.67. The van der Waals surface area contributed by atoms with Crippen LogP contribution in [0.1, 0.15) is 63.2 Å². The molecule has 4 nitrogen and oxygen atoms in total. The second kappa shape index (κ2) is 8.39. The smallest absolute Gasteiger partial charge is 0.164 e. The van der Waals surface area contributed by atoms with Gasteiger partial charge in [-0.25, -0.2) is 0 Å². The van der Waals surface area contributed by atoms with Crippen LogP contribution in [0.5, 0.6) is 11.5 Å². The van der Waals surface area contributed by atoms with Crippen LogP contribution in [0.25, 0.3) is 0 Å². The second-order valence-corrected chi connectivity index (χ2v) is 6.01. The maximum atomic E-state index is 10.3. The number of hydrogen-bond acceptors (Lipinski definition) is 4. The van der Waals surface area contributed by atoms with E-state index in [1.807, 2.05) is 12.1 Å². The Hall–Kier alpha value is -1.26. The minimum absolute atomic E-state index is 0.192. The molecule has 0 bridgehead atoms. The summed E-state index contributed by atoms with van der Waals surface area (Å²) in [5.41, 5.74) is 7.94. The normalized spacial score (nSPS) is 20.5. The molecule has 22 heavy (non-hydrogen) atoms. The minimum Gasteiger partial charge on any atom is -0.490 e.